The fraction of sp³-hybridized carbons (Fsp3) is 0.217. The number of hydrogen-bond acceptors (Lipinski definition) is 6. The summed E-state index contributed by atoms with van der Waals surface area (Å²) in [5.41, 5.74) is 3.05. The molecule has 0 aliphatic rings. The zero-order valence-corrected chi connectivity index (χ0v) is 17.7. The molecule has 0 spiro atoms. The molecule has 0 aliphatic heterocycles. The van der Waals surface area contributed by atoms with Crippen molar-refractivity contribution in [2.24, 2.45) is 0 Å². The van der Waals surface area contributed by atoms with E-state index in [1.54, 1.807) is 23.7 Å². The summed E-state index contributed by atoms with van der Waals surface area (Å²) in [4.78, 5) is 19.0. The number of hydrogen-bond donors (Lipinski definition) is 1. The number of nitrogens with one attached hydrogen (secondary N) is 1. The maximum Gasteiger partial charge on any atom is 0.258 e. The Balaban J connectivity index is 1.48. The predicted octanol–water partition coefficient (Wildman–Crippen LogP) is 4.31. The molecule has 4 rings (SSSR count). The summed E-state index contributed by atoms with van der Waals surface area (Å²) in [6, 6.07) is 17.7. The summed E-state index contributed by atoms with van der Waals surface area (Å²) in [6.45, 7) is 0.986. The highest BCUT2D eigenvalue weighted by atomic mass is 32.1. The zero-order chi connectivity index (χ0) is 20.9. The molecule has 0 saturated carbocycles. The maximum atomic E-state index is 12.1. The van der Waals surface area contributed by atoms with Gasteiger partial charge in [-0.05, 0) is 56.6 Å². The highest BCUT2D eigenvalue weighted by molar-refractivity contribution is 7.21. The minimum atomic E-state index is -0.197. The number of carbonyl (C=O) groups excluding carboxylic acids is 1. The highest BCUT2D eigenvalue weighted by Crippen LogP contribution is 2.33. The average molecular weight is 422 g/mol. The number of furan rings is 1. The summed E-state index contributed by atoms with van der Waals surface area (Å²) in [5.74, 6) is 1.20. The molecule has 0 radical (unpaired) electrons. The Hall–Kier alpha value is -3.16. The van der Waals surface area contributed by atoms with Gasteiger partial charge in [-0.15, -0.1) is 11.3 Å². The van der Waals surface area contributed by atoms with Crippen molar-refractivity contribution in [3.8, 4) is 16.3 Å². The molecule has 2 aromatic carbocycles. The van der Waals surface area contributed by atoms with E-state index in [1.807, 2.05) is 50.5 Å². The van der Waals surface area contributed by atoms with E-state index >= 15 is 0 Å². The Morgan fingerprint density at radius 3 is 2.80 bits per heavy atom. The van der Waals surface area contributed by atoms with Gasteiger partial charge in [0.2, 0.25) is 0 Å². The number of thiazole rings is 1. The molecule has 7 heteroatoms. The minimum absolute atomic E-state index is 0.0539. The van der Waals surface area contributed by atoms with Crippen molar-refractivity contribution in [1.82, 2.24) is 15.2 Å². The Kier molecular flexibility index (Phi) is 6.11. The van der Waals surface area contributed by atoms with Gasteiger partial charge in [-0.2, -0.15) is 0 Å². The molecule has 0 saturated heterocycles. The summed E-state index contributed by atoms with van der Waals surface area (Å²) >= 11 is 1.67. The van der Waals surface area contributed by atoms with Crippen LogP contribution in [0.5, 0.6) is 5.75 Å². The van der Waals surface area contributed by atoms with E-state index in [2.05, 4.69) is 22.3 Å². The van der Waals surface area contributed by atoms with Crippen LogP contribution >= 0.6 is 11.3 Å². The van der Waals surface area contributed by atoms with Crippen LogP contribution in [-0.4, -0.2) is 36.5 Å². The molecule has 1 amide bonds. The number of ether oxygens (including phenoxy) is 1. The van der Waals surface area contributed by atoms with Crippen LogP contribution in [-0.2, 0) is 17.9 Å². The quantitative estimate of drug-likeness (QED) is 0.459. The Bertz CT molecular complexity index is 1100. The van der Waals surface area contributed by atoms with Crippen LogP contribution < -0.4 is 10.1 Å². The number of nitrogens with zero attached hydrogens (tertiary/aromatic N) is 2. The molecular weight excluding hydrogens is 398 g/mol. The number of para-hydroxylation sites is 1. The van der Waals surface area contributed by atoms with E-state index in [-0.39, 0.29) is 12.5 Å². The molecule has 30 heavy (non-hydrogen) atoms. The predicted molar refractivity (Wildman–Crippen MR) is 118 cm³/mol. The first-order valence-corrected chi connectivity index (χ1v) is 10.5. The Morgan fingerprint density at radius 2 is 2.03 bits per heavy atom. The second-order valence-corrected chi connectivity index (χ2v) is 8.22. The molecular formula is C23H23N3O3S. The summed E-state index contributed by atoms with van der Waals surface area (Å²) < 4.78 is 12.2. The smallest absolute Gasteiger partial charge is 0.258 e. The van der Waals surface area contributed by atoms with E-state index in [1.165, 1.54) is 0 Å². The number of benzene rings is 2. The fourth-order valence-corrected chi connectivity index (χ4v) is 4.07. The molecule has 0 fully saturated rings. The molecule has 0 bridgehead atoms. The third-order valence-corrected chi connectivity index (χ3v) is 5.57. The molecule has 1 N–H and O–H groups in total. The summed E-state index contributed by atoms with van der Waals surface area (Å²) in [5, 5.41) is 3.76. The van der Waals surface area contributed by atoms with Crippen molar-refractivity contribution in [2.75, 3.05) is 20.7 Å². The molecule has 154 valence electrons. The third kappa shape index (κ3) is 4.87. The third-order valence-electron chi connectivity index (χ3n) is 4.49. The van der Waals surface area contributed by atoms with Crippen molar-refractivity contribution < 1.29 is 13.9 Å². The molecule has 4 aromatic rings. The van der Waals surface area contributed by atoms with Crippen LogP contribution in [0, 0.1) is 0 Å². The van der Waals surface area contributed by atoms with Crippen LogP contribution in [0.15, 0.2) is 65.3 Å². The number of amides is 1. The largest absolute Gasteiger partial charge is 0.483 e. The second kappa shape index (κ2) is 9.11. The van der Waals surface area contributed by atoms with E-state index in [0.717, 1.165) is 26.4 Å². The lowest BCUT2D eigenvalue weighted by Crippen LogP contribution is -2.28. The Labute approximate surface area is 179 Å². The maximum absolute atomic E-state index is 12.1. The van der Waals surface area contributed by atoms with E-state index in [9.17, 15) is 4.79 Å². The van der Waals surface area contributed by atoms with Crippen molar-refractivity contribution >= 4 is 27.5 Å². The van der Waals surface area contributed by atoms with Crippen LogP contribution in [0.4, 0.5) is 0 Å². The molecule has 2 aromatic heterocycles. The molecule has 2 heterocycles. The normalized spacial score (nSPS) is 11.2. The second-order valence-electron chi connectivity index (χ2n) is 7.19. The van der Waals surface area contributed by atoms with Gasteiger partial charge in [0, 0.05) is 17.7 Å². The number of fused-ring (bicyclic) bond motifs is 1. The van der Waals surface area contributed by atoms with Crippen LogP contribution in [0.2, 0.25) is 0 Å². The first kappa shape index (κ1) is 20.1. The number of aromatic nitrogens is 1. The molecule has 0 atom stereocenters. The highest BCUT2D eigenvalue weighted by Gasteiger charge is 2.13. The topological polar surface area (TPSA) is 67.6 Å². The van der Waals surface area contributed by atoms with E-state index in [0.29, 0.717) is 24.6 Å². The van der Waals surface area contributed by atoms with Gasteiger partial charge in [0.15, 0.2) is 6.61 Å². The van der Waals surface area contributed by atoms with Gasteiger partial charge in [0.05, 0.1) is 23.0 Å². The van der Waals surface area contributed by atoms with E-state index < -0.39 is 0 Å². The lowest BCUT2D eigenvalue weighted by Gasteiger charge is -2.16. The molecule has 0 unspecified atom stereocenters. The SMILES string of the molecule is CN(C)Cc1cc(-c2nc3ccccc3s2)ccc1OCC(=O)NCc1ccco1. The van der Waals surface area contributed by atoms with Crippen LogP contribution in [0.25, 0.3) is 20.8 Å². The molecule has 6 nitrogen and oxygen atoms in total. The van der Waals surface area contributed by atoms with Gasteiger partial charge in [-0.25, -0.2) is 4.98 Å². The molecule has 0 aliphatic carbocycles. The van der Waals surface area contributed by atoms with Crippen molar-refractivity contribution in [2.45, 2.75) is 13.1 Å². The lowest BCUT2D eigenvalue weighted by atomic mass is 10.1. The Morgan fingerprint density at radius 1 is 1.17 bits per heavy atom. The van der Waals surface area contributed by atoms with Gasteiger partial charge in [-0.1, -0.05) is 12.1 Å². The zero-order valence-electron chi connectivity index (χ0n) is 16.9. The fourth-order valence-electron chi connectivity index (χ4n) is 3.11. The number of rotatable bonds is 8. The van der Waals surface area contributed by atoms with E-state index in [4.69, 9.17) is 14.1 Å². The summed E-state index contributed by atoms with van der Waals surface area (Å²) in [7, 11) is 4.01. The minimum Gasteiger partial charge on any atom is -0.483 e. The van der Waals surface area contributed by atoms with Crippen LogP contribution in [0.1, 0.15) is 11.3 Å². The average Bonchev–Trinajstić information content (AvgIpc) is 3.40. The number of carbonyl (C=O) groups is 1. The van der Waals surface area contributed by atoms with Crippen molar-refractivity contribution in [3.63, 3.8) is 0 Å². The van der Waals surface area contributed by atoms with Gasteiger partial charge >= 0.3 is 0 Å². The van der Waals surface area contributed by atoms with Crippen LogP contribution in [0.3, 0.4) is 0 Å². The van der Waals surface area contributed by atoms with Gasteiger partial charge in [0.1, 0.15) is 16.5 Å². The van der Waals surface area contributed by atoms with Gasteiger partial charge in [-0.3, -0.25) is 4.79 Å². The summed E-state index contributed by atoms with van der Waals surface area (Å²) in [6.07, 6.45) is 1.58. The monoisotopic (exact) mass is 421 g/mol. The van der Waals surface area contributed by atoms with Gasteiger partial charge < -0.3 is 19.4 Å². The van der Waals surface area contributed by atoms with Gasteiger partial charge in [0.25, 0.3) is 5.91 Å². The first-order chi connectivity index (χ1) is 14.6. The lowest BCUT2D eigenvalue weighted by molar-refractivity contribution is -0.123. The first-order valence-electron chi connectivity index (χ1n) is 9.64. The van der Waals surface area contributed by atoms with Crippen molar-refractivity contribution in [3.05, 3.63) is 72.2 Å². The van der Waals surface area contributed by atoms with Crippen molar-refractivity contribution in [1.29, 1.82) is 0 Å². The standard InChI is InChI=1S/C23H23N3O3S/c1-26(2)14-17-12-16(23-25-19-7-3-4-8-21(19)30-23)9-10-20(17)29-15-22(27)24-13-18-6-5-11-28-18/h3-12H,13-15H2,1-2H3,(H,24,27).